The Bertz CT molecular complexity index is 1950. The maximum atomic E-state index is 5.97. The Kier molecular flexibility index (Phi) is 9.19. The molecule has 3 aromatic rings. The normalized spacial score (nSPS) is 21.1. The van der Waals surface area contributed by atoms with E-state index in [0.717, 1.165) is 85.2 Å². The van der Waals surface area contributed by atoms with E-state index in [1.165, 1.54) is 0 Å². The summed E-state index contributed by atoms with van der Waals surface area (Å²) in [5, 5.41) is 7.80. The van der Waals surface area contributed by atoms with Crippen LogP contribution >= 0.6 is 31.9 Å². The highest BCUT2D eigenvalue weighted by molar-refractivity contribution is 9.09. The third-order valence-electron chi connectivity index (χ3n) is 8.18. The van der Waals surface area contributed by atoms with Gasteiger partial charge in [0.2, 0.25) is 0 Å². The van der Waals surface area contributed by atoms with Crippen LogP contribution in [0.4, 0.5) is 0 Å². The molecule has 1 aromatic heterocycles. The van der Waals surface area contributed by atoms with Crippen LogP contribution in [0.5, 0.6) is 11.5 Å². The zero-order valence-corrected chi connectivity index (χ0v) is 28.4. The van der Waals surface area contributed by atoms with Gasteiger partial charge in [-0.2, -0.15) is 0 Å². The van der Waals surface area contributed by atoms with E-state index in [0.29, 0.717) is 13.2 Å². The molecule has 0 aliphatic carbocycles. The summed E-state index contributed by atoms with van der Waals surface area (Å²) in [4.78, 5) is 13.6. The lowest BCUT2D eigenvalue weighted by Crippen LogP contribution is -2.40. The monoisotopic (exact) mass is 736 g/mol. The number of aromatic amines is 1. The lowest BCUT2D eigenvalue weighted by Gasteiger charge is -2.29. The van der Waals surface area contributed by atoms with Crippen molar-refractivity contribution in [3.05, 3.63) is 136 Å². The molecule has 232 valence electrons. The number of H-pyrrole nitrogens is 1. The van der Waals surface area contributed by atoms with Gasteiger partial charge in [-0.15, -0.1) is 0 Å². The van der Waals surface area contributed by atoms with Crippen molar-refractivity contribution < 1.29 is 9.47 Å². The fraction of sp³-hybridized carbons (Fsp3) is 0.211. The minimum absolute atomic E-state index is 0.125. The van der Waals surface area contributed by atoms with Crippen molar-refractivity contribution in [3.63, 3.8) is 0 Å². The molecular weight excluding hydrogens is 704 g/mol. The van der Waals surface area contributed by atoms with Gasteiger partial charge in [0.15, 0.2) is 0 Å². The average molecular weight is 739 g/mol. The average Bonchev–Trinajstić information content (AvgIpc) is 3.89. The molecule has 7 rings (SSSR count). The van der Waals surface area contributed by atoms with Gasteiger partial charge in [-0.1, -0.05) is 68.3 Å². The van der Waals surface area contributed by atoms with E-state index in [1.807, 2.05) is 24.3 Å². The number of aliphatic imine (C=N–C) groups is 2. The van der Waals surface area contributed by atoms with Gasteiger partial charge < -0.3 is 14.5 Å². The van der Waals surface area contributed by atoms with Crippen molar-refractivity contribution >= 4 is 61.0 Å². The number of nitrogens with one attached hydrogen (secondary N) is 2. The predicted octanol–water partition coefficient (Wildman–Crippen LogP) is 6.66. The Morgan fingerprint density at radius 1 is 0.717 bits per heavy atom. The first-order valence-corrected chi connectivity index (χ1v) is 17.8. The second kappa shape index (κ2) is 13.8. The molecule has 0 radical (unpaired) electrons. The quantitative estimate of drug-likeness (QED) is 0.139. The Labute approximate surface area is 285 Å². The number of hydrogen-bond donors (Lipinski definition) is 2. The molecule has 2 N–H and O–H groups in total. The number of halogens is 2. The number of fused-ring (bicyclic) bond motifs is 6. The smallest absolute Gasteiger partial charge is 0.119 e. The van der Waals surface area contributed by atoms with Crippen LogP contribution in [0.1, 0.15) is 24.0 Å². The van der Waals surface area contributed by atoms with Crippen LogP contribution < -0.4 is 25.5 Å². The van der Waals surface area contributed by atoms with Crippen molar-refractivity contribution in [1.82, 2.24) is 10.3 Å². The predicted molar refractivity (Wildman–Crippen MR) is 196 cm³/mol. The molecule has 0 amide bonds. The van der Waals surface area contributed by atoms with Crippen molar-refractivity contribution in [3.8, 4) is 11.5 Å². The van der Waals surface area contributed by atoms with Gasteiger partial charge >= 0.3 is 0 Å². The molecule has 4 aliphatic heterocycles. The summed E-state index contributed by atoms with van der Waals surface area (Å²) in [7, 11) is 0. The Hall–Kier alpha value is -3.98. The van der Waals surface area contributed by atoms with Gasteiger partial charge in [-0.25, -0.2) is 9.98 Å². The molecule has 8 bridgehead atoms. The number of benzene rings is 2. The van der Waals surface area contributed by atoms with Gasteiger partial charge in [0, 0.05) is 26.9 Å². The van der Waals surface area contributed by atoms with Gasteiger partial charge in [0.1, 0.15) is 11.5 Å². The molecule has 0 saturated heterocycles. The standard InChI is InChI=1S/C38H34Br2N4O2/c39-19-1-21-45-33-12-3-26(4-13-33)37-35-16-11-31(43-35)24-29-8-7-28(41-29)23-30-9-10-32(42-30)25-38(18-17-36(37)44-38)27-5-14-34(15-6-27)46-22-2-20-40/h3-18,23-25,36,41,44H,1-2,19-22H2. The summed E-state index contributed by atoms with van der Waals surface area (Å²) in [5.41, 5.74) is 6.28. The highest BCUT2D eigenvalue weighted by atomic mass is 79.9. The highest BCUT2D eigenvalue weighted by Crippen LogP contribution is 2.39. The largest absolute Gasteiger partial charge is 0.494 e. The molecule has 8 heteroatoms. The van der Waals surface area contributed by atoms with Gasteiger partial charge in [-0.3, -0.25) is 5.32 Å². The summed E-state index contributed by atoms with van der Waals surface area (Å²) in [5.74, 6) is 1.72. The molecule has 0 saturated carbocycles. The molecule has 0 spiro atoms. The fourth-order valence-corrected chi connectivity index (χ4v) is 6.43. The van der Waals surface area contributed by atoms with Crippen LogP contribution in [0.15, 0.2) is 125 Å². The number of ether oxygens (including phenoxy) is 2. The molecule has 2 aromatic carbocycles. The number of nitrogens with zero attached hydrogens (tertiary/aromatic N) is 2. The fourth-order valence-electron chi connectivity index (χ4n) is 5.97. The van der Waals surface area contributed by atoms with Crippen LogP contribution in [-0.2, 0) is 5.54 Å². The number of allylic oxidation sites excluding steroid dienone is 4. The van der Waals surface area contributed by atoms with Gasteiger partial charge in [0.25, 0.3) is 0 Å². The van der Waals surface area contributed by atoms with Crippen molar-refractivity contribution in [2.75, 3.05) is 23.9 Å². The van der Waals surface area contributed by atoms with Crippen LogP contribution in [0.3, 0.4) is 0 Å². The summed E-state index contributed by atoms with van der Waals surface area (Å²) >= 11 is 6.96. The van der Waals surface area contributed by atoms with E-state index in [9.17, 15) is 0 Å². The van der Waals surface area contributed by atoms with Crippen LogP contribution in [0.25, 0.3) is 17.7 Å². The summed E-state index contributed by atoms with van der Waals surface area (Å²) in [6, 6.07) is 20.7. The zero-order chi connectivity index (χ0) is 31.3. The second-order valence-electron chi connectivity index (χ2n) is 11.4. The third kappa shape index (κ3) is 6.75. The molecule has 2 unspecified atom stereocenters. The van der Waals surface area contributed by atoms with E-state index in [1.54, 1.807) is 0 Å². The number of aromatic nitrogens is 1. The second-order valence-corrected chi connectivity index (χ2v) is 13.0. The molecular formula is C38H34Br2N4O2. The molecule has 5 heterocycles. The van der Waals surface area contributed by atoms with Crippen LogP contribution in [0, 0.1) is 0 Å². The zero-order valence-electron chi connectivity index (χ0n) is 25.3. The third-order valence-corrected chi connectivity index (χ3v) is 9.30. The van der Waals surface area contributed by atoms with E-state index in [4.69, 9.17) is 19.5 Å². The number of hydrogen-bond acceptors (Lipinski definition) is 5. The van der Waals surface area contributed by atoms with Crippen LogP contribution in [0.2, 0.25) is 0 Å². The Balaban J connectivity index is 1.33. The van der Waals surface area contributed by atoms with Gasteiger partial charge in [0.05, 0.1) is 47.6 Å². The Morgan fingerprint density at radius 2 is 1.35 bits per heavy atom. The molecule has 46 heavy (non-hydrogen) atoms. The first kappa shape index (κ1) is 30.7. The van der Waals surface area contributed by atoms with Gasteiger partial charge in [-0.05, 0) is 103 Å². The van der Waals surface area contributed by atoms with E-state index < -0.39 is 5.54 Å². The lowest BCUT2D eigenvalue weighted by atomic mass is 9.89. The number of rotatable bonds is 10. The first-order chi connectivity index (χ1) is 22.6. The Morgan fingerprint density at radius 3 is 2.02 bits per heavy atom. The maximum absolute atomic E-state index is 5.97. The maximum Gasteiger partial charge on any atom is 0.119 e. The van der Waals surface area contributed by atoms with Crippen molar-refractivity contribution in [2.45, 2.75) is 24.4 Å². The number of alkyl halides is 2. The molecule has 2 atom stereocenters. The van der Waals surface area contributed by atoms with E-state index >= 15 is 0 Å². The van der Waals surface area contributed by atoms with E-state index in [-0.39, 0.29) is 6.04 Å². The molecule has 0 fully saturated rings. The first-order valence-electron chi connectivity index (χ1n) is 15.6. The highest BCUT2D eigenvalue weighted by Gasteiger charge is 2.37. The summed E-state index contributed by atoms with van der Waals surface area (Å²) in [6.45, 7) is 1.35. The summed E-state index contributed by atoms with van der Waals surface area (Å²) < 4.78 is 11.9. The molecule has 6 nitrogen and oxygen atoms in total. The SMILES string of the molecule is BrCCCOc1ccc(C2=C3C=CC(=N3)C=c3ccc([nH]3)=CC3=NC(=CC4(c5ccc(OCCCBr)cc5)C=CC2N4)C=C3)cc1. The molecule has 4 aliphatic rings. The van der Waals surface area contributed by atoms with E-state index in [2.05, 4.69) is 133 Å². The topological polar surface area (TPSA) is 71.0 Å². The summed E-state index contributed by atoms with van der Waals surface area (Å²) in [6.07, 6.45) is 21.1. The van der Waals surface area contributed by atoms with Crippen molar-refractivity contribution in [1.29, 1.82) is 0 Å². The van der Waals surface area contributed by atoms with Crippen LogP contribution in [-0.4, -0.2) is 46.3 Å². The lowest BCUT2D eigenvalue weighted by molar-refractivity contribution is 0.319. The minimum Gasteiger partial charge on any atom is -0.494 e. The minimum atomic E-state index is -0.611. The van der Waals surface area contributed by atoms with Crippen molar-refractivity contribution in [2.24, 2.45) is 9.98 Å².